The van der Waals surface area contributed by atoms with E-state index in [0.717, 1.165) is 18.7 Å². The minimum atomic E-state index is -0.770. The number of hydrogen-bond acceptors (Lipinski definition) is 3. The van der Waals surface area contributed by atoms with Crippen molar-refractivity contribution >= 4 is 17.3 Å². The molecule has 0 saturated carbocycles. The molecule has 0 radical (unpaired) electrons. The molecule has 1 aromatic rings. The Hall–Kier alpha value is -1.71. The van der Waals surface area contributed by atoms with E-state index >= 15 is 0 Å². The molecule has 2 rings (SSSR count). The van der Waals surface area contributed by atoms with Crippen LogP contribution in [0.4, 0.5) is 11.4 Å². The van der Waals surface area contributed by atoms with E-state index < -0.39 is 5.97 Å². The summed E-state index contributed by atoms with van der Waals surface area (Å²) in [6.45, 7) is 1.54. The largest absolute Gasteiger partial charge is 0.481 e. The summed E-state index contributed by atoms with van der Waals surface area (Å²) in [6.07, 6.45) is 1.22. The van der Waals surface area contributed by atoms with Gasteiger partial charge in [-0.15, -0.1) is 0 Å². The van der Waals surface area contributed by atoms with Crippen molar-refractivity contribution < 1.29 is 9.90 Å². The zero-order valence-corrected chi connectivity index (χ0v) is 9.36. The topological polar surface area (TPSA) is 52.6 Å². The second kappa shape index (κ2) is 4.43. The average Bonchev–Trinajstić information content (AvgIpc) is 2.60. The van der Waals surface area contributed by atoms with E-state index in [1.54, 1.807) is 0 Å². The van der Waals surface area contributed by atoms with Crippen molar-refractivity contribution in [1.29, 1.82) is 0 Å². The van der Waals surface area contributed by atoms with Crippen molar-refractivity contribution in [2.45, 2.75) is 12.8 Å². The minimum absolute atomic E-state index is 0.150. The van der Waals surface area contributed by atoms with Crippen LogP contribution in [-0.4, -0.2) is 31.2 Å². The van der Waals surface area contributed by atoms with Gasteiger partial charge in [0.2, 0.25) is 0 Å². The van der Waals surface area contributed by atoms with Crippen LogP contribution >= 0.6 is 0 Å². The summed E-state index contributed by atoms with van der Waals surface area (Å²) in [4.78, 5) is 12.6. The van der Waals surface area contributed by atoms with Gasteiger partial charge in [-0.1, -0.05) is 0 Å². The van der Waals surface area contributed by atoms with Crippen molar-refractivity contribution in [3.8, 4) is 0 Å². The molecule has 4 nitrogen and oxygen atoms in total. The number of anilines is 2. The van der Waals surface area contributed by atoms with Crippen LogP contribution in [0.15, 0.2) is 18.2 Å². The first-order valence-corrected chi connectivity index (χ1v) is 5.46. The number of carboxylic acid groups (broad SMARTS) is 1. The second-order valence-corrected chi connectivity index (χ2v) is 4.09. The maximum atomic E-state index is 10.4. The van der Waals surface area contributed by atoms with Gasteiger partial charge in [0.25, 0.3) is 0 Å². The molecule has 86 valence electrons. The zero-order valence-electron chi connectivity index (χ0n) is 9.36. The van der Waals surface area contributed by atoms with Crippen molar-refractivity contribution in [2.24, 2.45) is 0 Å². The number of benzene rings is 1. The van der Waals surface area contributed by atoms with Gasteiger partial charge < -0.3 is 15.3 Å². The highest BCUT2D eigenvalue weighted by molar-refractivity contribution is 5.68. The van der Waals surface area contributed by atoms with Gasteiger partial charge in [0.1, 0.15) is 0 Å². The number of nitrogens with one attached hydrogen (secondary N) is 1. The summed E-state index contributed by atoms with van der Waals surface area (Å²) in [5.41, 5.74) is 3.63. The predicted octanol–water partition coefficient (Wildman–Crippen LogP) is 1.57. The van der Waals surface area contributed by atoms with Gasteiger partial charge in [0.05, 0.1) is 6.42 Å². The maximum absolute atomic E-state index is 10.4. The number of likely N-dealkylation sites (N-methyl/N-ethyl adjacent to an activating group) is 1. The second-order valence-electron chi connectivity index (χ2n) is 4.09. The molecule has 0 amide bonds. The fraction of sp³-hybridized carbons (Fsp3) is 0.417. The fourth-order valence-electron chi connectivity index (χ4n) is 1.99. The lowest BCUT2D eigenvalue weighted by Crippen LogP contribution is -2.12. The first-order chi connectivity index (χ1) is 7.66. The third kappa shape index (κ3) is 2.27. The van der Waals surface area contributed by atoms with Gasteiger partial charge in [0, 0.05) is 31.5 Å². The number of carbonyl (C=O) groups is 1. The molecule has 0 aliphatic carbocycles. The normalized spacial score (nSPS) is 13.7. The van der Waals surface area contributed by atoms with E-state index in [1.807, 2.05) is 6.07 Å². The molecule has 1 aromatic carbocycles. The van der Waals surface area contributed by atoms with Crippen LogP contribution in [0.2, 0.25) is 0 Å². The highest BCUT2D eigenvalue weighted by atomic mass is 16.4. The summed E-state index contributed by atoms with van der Waals surface area (Å²) >= 11 is 0. The van der Waals surface area contributed by atoms with Crippen LogP contribution < -0.4 is 10.2 Å². The highest BCUT2D eigenvalue weighted by Gasteiger charge is 2.15. The van der Waals surface area contributed by atoms with Crippen molar-refractivity contribution in [3.63, 3.8) is 0 Å². The Morgan fingerprint density at radius 1 is 1.56 bits per heavy atom. The summed E-state index contributed by atoms with van der Waals surface area (Å²) in [5, 5.41) is 11.7. The molecule has 1 heterocycles. The molecule has 0 spiro atoms. The quantitative estimate of drug-likeness (QED) is 0.808. The Labute approximate surface area is 94.9 Å². The monoisotopic (exact) mass is 220 g/mol. The Morgan fingerprint density at radius 3 is 3.12 bits per heavy atom. The Bertz CT molecular complexity index is 404. The summed E-state index contributed by atoms with van der Waals surface area (Å²) in [5.74, 6) is -0.770. The molecule has 4 heteroatoms. The van der Waals surface area contributed by atoms with Crippen LogP contribution in [0, 0.1) is 0 Å². The number of rotatable bonds is 4. The average molecular weight is 220 g/mol. The minimum Gasteiger partial charge on any atom is -0.481 e. The van der Waals surface area contributed by atoms with Gasteiger partial charge in [0.15, 0.2) is 0 Å². The summed E-state index contributed by atoms with van der Waals surface area (Å²) in [7, 11) is 2.09. The lowest BCUT2D eigenvalue weighted by Gasteiger charge is -2.12. The predicted molar refractivity (Wildman–Crippen MR) is 64.2 cm³/mol. The summed E-state index contributed by atoms with van der Waals surface area (Å²) in [6, 6.07) is 6.20. The zero-order chi connectivity index (χ0) is 11.5. The molecular weight excluding hydrogens is 204 g/mol. The van der Waals surface area contributed by atoms with Crippen molar-refractivity contribution in [3.05, 3.63) is 23.8 Å². The smallest absolute Gasteiger partial charge is 0.305 e. The standard InChI is InChI=1S/C12H16N2O2/c1-14-7-5-9-8-10(2-3-11(9)14)13-6-4-12(15)16/h2-3,8,13H,4-7H2,1H3,(H,15,16). The maximum Gasteiger partial charge on any atom is 0.305 e. The van der Waals surface area contributed by atoms with E-state index in [2.05, 4.69) is 29.4 Å². The first-order valence-electron chi connectivity index (χ1n) is 5.46. The molecule has 0 bridgehead atoms. The number of fused-ring (bicyclic) bond motifs is 1. The molecule has 0 unspecified atom stereocenters. The molecule has 1 aliphatic rings. The number of aliphatic carboxylic acids is 1. The van der Waals surface area contributed by atoms with E-state index in [-0.39, 0.29) is 6.42 Å². The third-order valence-corrected chi connectivity index (χ3v) is 2.88. The number of nitrogens with zero attached hydrogens (tertiary/aromatic N) is 1. The SMILES string of the molecule is CN1CCc2cc(NCCC(=O)O)ccc21. The Kier molecular flexibility index (Phi) is 2.99. The third-order valence-electron chi connectivity index (χ3n) is 2.88. The summed E-state index contributed by atoms with van der Waals surface area (Å²) < 4.78 is 0. The molecule has 1 aliphatic heterocycles. The van der Waals surface area contributed by atoms with Crippen LogP contribution in [0.1, 0.15) is 12.0 Å². The highest BCUT2D eigenvalue weighted by Crippen LogP contribution is 2.28. The molecule has 0 fully saturated rings. The van der Waals surface area contributed by atoms with E-state index in [9.17, 15) is 4.79 Å². The fourth-order valence-corrected chi connectivity index (χ4v) is 1.99. The molecular formula is C12H16N2O2. The van der Waals surface area contributed by atoms with Gasteiger partial charge in [-0.3, -0.25) is 4.79 Å². The Morgan fingerprint density at radius 2 is 2.38 bits per heavy atom. The van der Waals surface area contributed by atoms with Gasteiger partial charge in [-0.25, -0.2) is 0 Å². The van der Waals surface area contributed by atoms with Crippen molar-refractivity contribution in [2.75, 3.05) is 30.4 Å². The van der Waals surface area contributed by atoms with Crippen LogP contribution in [0.5, 0.6) is 0 Å². The molecule has 0 saturated heterocycles. The lowest BCUT2D eigenvalue weighted by atomic mass is 10.1. The van der Waals surface area contributed by atoms with E-state index in [1.165, 1.54) is 11.3 Å². The molecule has 2 N–H and O–H groups in total. The van der Waals surface area contributed by atoms with Crippen LogP contribution in [0.3, 0.4) is 0 Å². The van der Waals surface area contributed by atoms with Gasteiger partial charge >= 0.3 is 5.97 Å². The van der Waals surface area contributed by atoms with Gasteiger partial charge in [-0.05, 0) is 30.2 Å². The molecule has 0 aromatic heterocycles. The number of hydrogen-bond donors (Lipinski definition) is 2. The van der Waals surface area contributed by atoms with Gasteiger partial charge in [-0.2, -0.15) is 0 Å². The first kappa shape index (κ1) is 10.8. The molecule has 16 heavy (non-hydrogen) atoms. The van der Waals surface area contributed by atoms with Crippen molar-refractivity contribution in [1.82, 2.24) is 0 Å². The lowest BCUT2D eigenvalue weighted by molar-refractivity contribution is -0.136. The van der Waals surface area contributed by atoms with E-state index in [0.29, 0.717) is 6.54 Å². The van der Waals surface area contributed by atoms with Crippen LogP contribution in [0.25, 0.3) is 0 Å². The molecule has 0 atom stereocenters. The van der Waals surface area contributed by atoms with Crippen LogP contribution in [-0.2, 0) is 11.2 Å². The van der Waals surface area contributed by atoms with E-state index in [4.69, 9.17) is 5.11 Å². The number of carboxylic acids is 1. The Balaban J connectivity index is 1.99.